The van der Waals surface area contributed by atoms with Crippen LogP contribution in [0.1, 0.15) is 33.1 Å². The van der Waals surface area contributed by atoms with Crippen LogP contribution in [0, 0.1) is 5.92 Å². The van der Waals surface area contributed by atoms with Crippen molar-refractivity contribution in [1.29, 1.82) is 0 Å². The van der Waals surface area contributed by atoms with Crippen LogP contribution in [0.4, 0.5) is 5.95 Å². The number of fused-ring (bicyclic) bond motifs is 1. The number of nitrogens with one attached hydrogen (secondary N) is 1. The van der Waals surface area contributed by atoms with Crippen LogP contribution in [0.2, 0.25) is 0 Å². The number of carbonyl (C=O) groups is 2. The third kappa shape index (κ3) is 5.52. The normalized spacial score (nSPS) is 13.2. The molecular formula is C17H26N6O5. The highest BCUT2D eigenvalue weighted by Crippen LogP contribution is 2.12. The average molecular weight is 394 g/mol. The van der Waals surface area contributed by atoms with Crippen molar-refractivity contribution in [3.05, 3.63) is 16.7 Å². The van der Waals surface area contributed by atoms with Gasteiger partial charge in [0.05, 0.1) is 19.5 Å². The standard InChI is InChI=1S/C17H26N6O5/c1-3-11(18)16(26)28-8-10(7-27-12(24)4-2)5-6-23-9-20-13-14(23)21-17(19)22-15(13)25/h9-11H,3-8,18H2,1-2H3,(H3,19,21,22,25)/t10?,11-/m0/s1. The lowest BCUT2D eigenvalue weighted by Gasteiger charge is -2.18. The molecule has 0 aliphatic carbocycles. The number of esters is 2. The van der Waals surface area contributed by atoms with Crippen molar-refractivity contribution < 1.29 is 19.1 Å². The van der Waals surface area contributed by atoms with Crippen LogP contribution in [-0.4, -0.2) is 50.7 Å². The summed E-state index contributed by atoms with van der Waals surface area (Å²) < 4.78 is 12.1. The summed E-state index contributed by atoms with van der Waals surface area (Å²) in [6, 6.07) is -0.685. The topological polar surface area (TPSA) is 168 Å². The number of ether oxygens (including phenoxy) is 2. The summed E-state index contributed by atoms with van der Waals surface area (Å²) in [6.45, 7) is 4.06. The van der Waals surface area contributed by atoms with E-state index in [1.165, 1.54) is 6.33 Å². The number of aromatic nitrogens is 4. The minimum Gasteiger partial charge on any atom is -0.465 e. The highest BCUT2D eigenvalue weighted by atomic mass is 16.5. The van der Waals surface area contributed by atoms with E-state index in [0.29, 0.717) is 25.0 Å². The van der Waals surface area contributed by atoms with Gasteiger partial charge < -0.3 is 25.5 Å². The summed E-state index contributed by atoms with van der Waals surface area (Å²) in [5.74, 6) is -1.09. The molecule has 0 saturated heterocycles. The monoisotopic (exact) mass is 394 g/mol. The molecule has 2 aromatic rings. The molecule has 0 fully saturated rings. The van der Waals surface area contributed by atoms with Crippen molar-refractivity contribution in [3.63, 3.8) is 0 Å². The van der Waals surface area contributed by atoms with Crippen LogP contribution in [-0.2, 0) is 25.6 Å². The number of nitrogens with zero attached hydrogens (tertiary/aromatic N) is 3. The molecule has 2 aromatic heterocycles. The molecule has 0 amide bonds. The van der Waals surface area contributed by atoms with Gasteiger partial charge in [-0.2, -0.15) is 4.98 Å². The molecule has 0 radical (unpaired) electrons. The summed E-state index contributed by atoms with van der Waals surface area (Å²) in [5, 5.41) is 0. The fourth-order valence-electron chi connectivity index (χ4n) is 2.46. The van der Waals surface area contributed by atoms with E-state index in [4.69, 9.17) is 20.9 Å². The van der Waals surface area contributed by atoms with Crippen LogP contribution in [0.5, 0.6) is 0 Å². The van der Waals surface area contributed by atoms with Gasteiger partial charge in [0, 0.05) is 18.9 Å². The number of hydrogen-bond acceptors (Lipinski definition) is 9. The van der Waals surface area contributed by atoms with Crippen LogP contribution in [0.3, 0.4) is 0 Å². The first-order valence-electron chi connectivity index (χ1n) is 9.14. The number of carbonyl (C=O) groups excluding carboxylic acids is 2. The van der Waals surface area contributed by atoms with Crippen LogP contribution in [0.25, 0.3) is 11.2 Å². The number of hydrogen-bond donors (Lipinski definition) is 3. The van der Waals surface area contributed by atoms with E-state index in [1.807, 2.05) is 0 Å². The molecule has 2 rings (SSSR count). The zero-order chi connectivity index (χ0) is 20.7. The quantitative estimate of drug-likeness (QED) is 0.467. The minimum atomic E-state index is -0.685. The van der Waals surface area contributed by atoms with E-state index in [2.05, 4.69) is 15.0 Å². The summed E-state index contributed by atoms with van der Waals surface area (Å²) in [5.41, 5.74) is 11.4. The molecule has 28 heavy (non-hydrogen) atoms. The van der Waals surface area contributed by atoms with E-state index < -0.39 is 17.6 Å². The van der Waals surface area contributed by atoms with E-state index in [1.54, 1.807) is 18.4 Å². The Morgan fingerprint density at radius 1 is 1.29 bits per heavy atom. The highest BCUT2D eigenvalue weighted by molar-refractivity contribution is 5.75. The number of H-pyrrole nitrogens is 1. The molecule has 2 heterocycles. The summed E-state index contributed by atoms with van der Waals surface area (Å²) in [6.07, 6.45) is 2.70. The van der Waals surface area contributed by atoms with Gasteiger partial charge in [-0.1, -0.05) is 13.8 Å². The first-order valence-corrected chi connectivity index (χ1v) is 9.14. The number of imidazole rings is 1. The van der Waals surface area contributed by atoms with Gasteiger partial charge in [0.1, 0.15) is 6.04 Å². The molecular weight excluding hydrogens is 368 g/mol. The maximum Gasteiger partial charge on any atom is 0.322 e. The molecule has 154 valence electrons. The number of nitrogen functional groups attached to an aromatic ring is 1. The van der Waals surface area contributed by atoms with Crippen molar-refractivity contribution in [2.45, 2.75) is 45.7 Å². The van der Waals surface area contributed by atoms with Crippen molar-refractivity contribution in [2.24, 2.45) is 11.7 Å². The zero-order valence-electron chi connectivity index (χ0n) is 16.0. The largest absolute Gasteiger partial charge is 0.465 e. The Labute approximate surface area is 161 Å². The van der Waals surface area contributed by atoms with Gasteiger partial charge in [-0.25, -0.2) is 4.98 Å². The number of anilines is 1. The average Bonchev–Trinajstić information content (AvgIpc) is 3.09. The molecule has 0 aliphatic rings. The number of aromatic amines is 1. The van der Waals surface area contributed by atoms with Gasteiger partial charge in [0.15, 0.2) is 11.2 Å². The first-order chi connectivity index (χ1) is 13.3. The number of aryl methyl sites for hydroxylation is 1. The number of rotatable bonds is 10. The first kappa shape index (κ1) is 21.4. The Bertz CT molecular complexity index is 877. The van der Waals surface area contributed by atoms with Crippen molar-refractivity contribution in [1.82, 2.24) is 19.5 Å². The summed E-state index contributed by atoms with van der Waals surface area (Å²) >= 11 is 0. The SMILES string of the molecule is CCC(=O)OCC(CCn1cnc2c(=O)[nH]c(N)nc21)COC(=O)[C@@H](N)CC. The molecule has 1 unspecified atom stereocenters. The van der Waals surface area contributed by atoms with E-state index in [0.717, 1.165) is 0 Å². The fourth-order valence-corrected chi connectivity index (χ4v) is 2.46. The Balaban J connectivity index is 2.05. The second-order valence-electron chi connectivity index (χ2n) is 6.40. The molecule has 2 atom stereocenters. The Morgan fingerprint density at radius 3 is 2.68 bits per heavy atom. The van der Waals surface area contributed by atoms with Crippen molar-refractivity contribution in [2.75, 3.05) is 18.9 Å². The summed E-state index contributed by atoms with van der Waals surface area (Å²) in [7, 11) is 0. The lowest BCUT2D eigenvalue weighted by atomic mass is 10.1. The third-order valence-electron chi connectivity index (χ3n) is 4.24. The molecule has 0 saturated carbocycles. The smallest absolute Gasteiger partial charge is 0.322 e. The van der Waals surface area contributed by atoms with Gasteiger partial charge >= 0.3 is 11.9 Å². The second-order valence-corrected chi connectivity index (χ2v) is 6.40. The predicted molar refractivity (Wildman–Crippen MR) is 101 cm³/mol. The van der Waals surface area contributed by atoms with Gasteiger partial charge in [-0.3, -0.25) is 19.4 Å². The molecule has 0 spiro atoms. The Morgan fingerprint density at radius 2 is 2.00 bits per heavy atom. The van der Waals surface area contributed by atoms with Gasteiger partial charge in [0.25, 0.3) is 5.56 Å². The molecule has 11 heteroatoms. The fraction of sp³-hybridized carbons (Fsp3) is 0.588. The predicted octanol–water partition coefficient (Wildman–Crippen LogP) is -0.0582. The van der Waals surface area contributed by atoms with Crippen molar-refractivity contribution in [3.8, 4) is 0 Å². The maximum atomic E-state index is 11.9. The Hall–Kier alpha value is -2.95. The van der Waals surface area contributed by atoms with Gasteiger partial charge in [0.2, 0.25) is 5.95 Å². The second kappa shape index (κ2) is 9.83. The van der Waals surface area contributed by atoms with Crippen LogP contribution >= 0.6 is 0 Å². The molecule has 5 N–H and O–H groups in total. The third-order valence-corrected chi connectivity index (χ3v) is 4.24. The van der Waals surface area contributed by atoms with E-state index in [-0.39, 0.29) is 43.0 Å². The number of nitrogens with two attached hydrogens (primary N) is 2. The van der Waals surface area contributed by atoms with Gasteiger partial charge in [-0.05, 0) is 12.8 Å². The summed E-state index contributed by atoms with van der Waals surface area (Å²) in [4.78, 5) is 45.7. The molecule has 0 aliphatic heterocycles. The Kier molecular flexibility index (Phi) is 7.50. The van der Waals surface area contributed by atoms with Crippen LogP contribution < -0.4 is 17.0 Å². The maximum absolute atomic E-state index is 11.9. The lowest BCUT2D eigenvalue weighted by molar-refractivity contribution is -0.150. The molecule has 11 nitrogen and oxygen atoms in total. The lowest BCUT2D eigenvalue weighted by Crippen LogP contribution is -2.33. The molecule has 0 bridgehead atoms. The van der Waals surface area contributed by atoms with E-state index in [9.17, 15) is 14.4 Å². The van der Waals surface area contributed by atoms with Gasteiger partial charge in [-0.15, -0.1) is 0 Å². The van der Waals surface area contributed by atoms with E-state index >= 15 is 0 Å². The minimum absolute atomic E-state index is 0.00448. The van der Waals surface area contributed by atoms with Crippen molar-refractivity contribution >= 4 is 29.1 Å². The zero-order valence-corrected chi connectivity index (χ0v) is 16.0. The highest BCUT2D eigenvalue weighted by Gasteiger charge is 2.19. The molecule has 0 aromatic carbocycles. The van der Waals surface area contributed by atoms with Crippen LogP contribution in [0.15, 0.2) is 11.1 Å².